The van der Waals surface area contributed by atoms with E-state index in [1.807, 2.05) is 42.5 Å². The summed E-state index contributed by atoms with van der Waals surface area (Å²) in [5, 5.41) is 2.98. The SMILES string of the molecule is COc1ccc(C=Cc2cc(OC)c(OC)c(OC)c2)cc1N.NC(=O)[C@H]1CCCN1. The van der Waals surface area contributed by atoms with Crippen LogP contribution >= 0.6 is 0 Å². The predicted octanol–water partition coefficient (Wildman–Crippen LogP) is 2.70. The second kappa shape index (κ2) is 11.7. The molecule has 1 atom stereocenters. The van der Waals surface area contributed by atoms with Crippen LogP contribution in [0.4, 0.5) is 5.69 Å². The molecule has 0 saturated carbocycles. The van der Waals surface area contributed by atoms with Crippen molar-refractivity contribution in [3.8, 4) is 23.0 Å². The highest BCUT2D eigenvalue weighted by atomic mass is 16.5. The summed E-state index contributed by atoms with van der Waals surface area (Å²) < 4.78 is 21.2. The number of nitrogens with one attached hydrogen (secondary N) is 1. The normalized spacial score (nSPS) is 15.2. The molecule has 1 aliphatic heterocycles. The average molecular weight is 430 g/mol. The molecule has 8 nitrogen and oxygen atoms in total. The summed E-state index contributed by atoms with van der Waals surface area (Å²) in [6.07, 6.45) is 5.89. The Morgan fingerprint density at radius 2 is 1.55 bits per heavy atom. The number of hydrogen-bond acceptors (Lipinski definition) is 7. The van der Waals surface area contributed by atoms with Crippen LogP contribution in [0.3, 0.4) is 0 Å². The molecule has 5 N–H and O–H groups in total. The molecule has 1 amide bonds. The van der Waals surface area contributed by atoms with Crippen molar-refractivity contribution in [2.75, 3.05) is 40.7 Å². The van der Waals surface area contributed by atoms with Gasteiger partial charge in [-0.15, -0.1) is 0 Å². The summed E-state index contributed by atoms with van der Waals surface area (Å²) >= 11 is 0. The van der Waals surface area contributed by atoms with Gasteiger partial charge in [-0.05, 0) is 54.8 Å². The highest BCUT2D eigenvalue weighted by molar-refractivity contribution is 5.80. The van der Waals surface area contributed by atoms with Crippen molar-refractivity contribution in [2.24, 2.45) is 5.73 Å². The van der Waals surface area contributed by atoms with Gasteiger partial charge in [0.2, 0.25) is 11.7 Å². The fraction of sp³-hybridized carbons (Fsp3) is 0.348. The van der Waals surface area contributed by atoms with Crippen LogP contribution in [0.5, 0.6) is 23.0 Å². The van der Waals surface area contributed by atoms with Gasteiger partial charge in [0, 0.05) is 0 Å². The number of primary amides is 1. The molecule has 3 rings (SSSR count). The number of carbonyl (C=O) groups is 1. The van der Waals surface area contributed by atoms with Crippen molar-refractivity contribution < 1.29 is 23.7 Å². The lowest BCUT2D eigenvalue weighted by Gasteiger charge is -2.12. The molecule has 2 aromatic rings. The minimum Gasteiger partial charge on any atom is -0.495 e. The van der Waals surface area contributed by atoms with Gasteiger partial charge in [0.25, 0.3) is 0 Å². The fourth-order valence-electron chi connectivity index (χ4n) is 3.17. The standard InChI is InChI=1S/C18H21NO4.C5H10N2O/c1-20-15-8-7-12(9-14(15)19)5-6-13-10-16(21-2)18(23-4)17(11-13)22-3;6-5(8)4-2-1-3-7-4/h5-11H,19H2,1-4H3;4,7H,1-3H2,(H2,6,8)/t;4-/m.1/s1. The van der Waals surface area contributed by atoms with Gasteiger partial charge in [-0.2, -0.15) is 0 Å². The van der Waals surface area contributed by atoms with Crippen LogP contribution in [-0.4, -0.2) is 46.9 Å². The van der Waals surface area contributed by atoms with Gasteiger partial charge >= 0.3 is 0 Å². The first-order valence-electron chi connectivity index (χ1n) is 9.87. The van der Waals surface area contributed by atoms with E-state index in [9.17, 15) is 4.79 Å². The van der Waals surface area contributed by atoms with Crippen LogP contribution in [0.1, 0.15) is 24.0 Å². The first kappa shape index (κ1) is 23.9. The average Bonchev–Trinajstić information content (AvgIpc) is 3.33. The zero-order valence-electron chi connectivity index (χ0n) is 18.4. The highest BCUT2D eigenvalue weighted by Crippen LogP contribution is 2.38. The van der Waals surface area contributed by atoms with Crippen molar-refractivity contribution >= 4 is 23.7 Å². The Hall–Kier alpha value is -3.39. The molecule has 168 valence electrons. The van der Waals surface area contributed by atoms with Crippen LogP contribution in [-0.2, 0) is 4.79 Å². The molecule has 0 bridgehead atoms. The molecular formula is C23H31N3O5. The van der Waals surface area contributed by atoms with Crippen molar-refractivity contribution in [1.29, 1.82) is 0 Å². The van der Waals surface area contributed by atoms with Crippen molar-refractivity contribution in [3.63, 3.8) is 0 Å². The maximum atomic E-state index is 10.4. The molecule has 1 fully saturated rings. The lowest BCUT2D eigenvalue weighted by atomic mass is 10.1. The maximum Gasteiger partial charge on any atom is 0.234 e. The minimum absolute atomic E-state index is 0.0463. The lowest BCUT2D eigenvalue weighted by Crippen LogP contribution is -2.36. The number of rotatable bonds is 7. The molecule has 0 radical (unpaired) electrons. The van der Waals surface area contributed by atoms with E-state index in [1.165, 1.54) is 0 Å². The largest absolute Gasteiger partial charge is 0.495 e. The number of ether oxygens (including phenoxy) is 4. The zero-order valence-corrected chi connectivity index (χ0v) is 18.4. The third-order valence-corrected chi connectivity index (χ3v) is 4.81. The predicted molar refractivity (Wildman–Crippen MR) is 123 cm³/mol. The molecule has 2 aromatic carbocycles. The quantitative estimate of drug-likeness (QED) is 0.457. The Morgan fingerprint density at radius 3 is 1.97 bits per heavy atom. The Balaban J connectivity index is 0.000000357. The zero-order chi connectivity index (χ0) is 22.8. The van der Waals surface area contributed by atoms with Gasteiger partial charge in [-0.3, -0.25) is 4.79 Å². The fourth-order valence-corrected chi connectivity index (χ4v) is 3.17. The van der Waals surface area contributed by atoms with Crippen molar-refractivity contribution in [1.82, 2.24) is 5.32 Å². The Morgan fingerprint density at radius 1 is 0.935 bits per heavy atom. The smallest absolute Gasteiger partial charge is 0.234 e. The summed E-state index contributed by atoms with van der Waals surface area (Å²) in [5.74, 6) is 2.24. The first-order valence-corrected chi connectivity index (χ1v) is 9.87. The first-order chi connectivity index (χ1) is 14.9. The van der Waals surface area contributed by atoms with E-state index >= 15 is 0 Å². The van der Waals surface area contributed by atoms with E-state index in [4.69, 9.17) is 30.4 Å². The molecule has 0 aliphatic carbocycles. The van der Waals surface area contributed by atoms with Gasteiger partial charge in [-0.25, -0.2) is 0 Å². The summed E-state index contributed by atoms with van der Waals surface area (Å²) in [5.41, 5.74) is 13.4. The van der Waals surface area contributed by atoms with Crippen LogP contribution < -0.4 is 35.7 Å². The summed E-state index contributed by atoms with van der Waals surface area (Å²) in [6.45, 7) is 0.938. The number of methoxy groups -OCH3 is 4. The number of anilines is 1. The summed E-state index contributed by atoms with van der Waals surface area (Å²) in [6, 6.07) is 9.34. The van der Waals surface area contributed by atoms with E-state index in [1.54, 1.807) is 28.4 Å². The van der Waals surface area contributed by atoms with Gasteiger partial charge < -0.3 is 35.7 Å². The van der Waals surface area contributed by atoms with E-state index in [0.29, 0.717) is 28.7 Å². The third kappa shape index (κ3) is 6.55. The molecular weight excluding hydrogens is 398 g/mol. The van der Waals surface area contributed by atoms with Crippen LogP contribution in [0.2, 0.25) is 0 Å². The van der Waals surface area contributed by atoms with E-state index in [2.05, 4.69) is 5.32 Å². The van der Waals surface area contributed by atoms with Gasteiger partial charge in [0.15, 0.2) is 11.5 Å². The number of amides is 1. The number of carbonyl (C=O) groups excluding carboxylic acids is 1. The van der Waals surface area contributed by atoms with Crippen LogP contribution in [0, 0.1) is 0 Å². The molecule has 1 heterocycles. The second-order valence-corrected chi connectivity index (χ2v) is 6.84. The van der Waals surface area contributed by atoms with Gasteiger partial charge in [0.1, 0.15) is 5.75 Å². The number of hydrogen-bond donors (Lipinski definition) is 3. The van der Waals surface area contributed by atoms with Gasteiger partial charge in [0.05, 0.1) is 40.2 Å². The monoisotopic (exact) mass is 429 g/mol. The topological polar surface area (TPSA) is 118 Å². The van der Waals surface area contributed by atoms with Crippen LogP contribution in [0.15, 0.2) is 30.3 Å². The Labute approximate surface area is 183 Å². The number of nitrogen functional groups attached to an aromatic ring is 1. The maximum absolute atomic E-state index is 10.4. The Kier molecular flexibility index (Phi) is 9.02. The Bertz CT molecular complexity index is 883. The molecule has 0 spiro atoms. The molecule has 1 saturated heterocycles. The van der Waals surface area contributed by atoms with E-state index in [-0.39, 0.29) is 11.9 Å². The molecule has 0 unspecified atom stereocenters. The highest BCUT2D eigenvalue weighted by Gasteiger charge is 2.18. The number of nitrogens with two attached hydrogens (primary N) is 2. The third-order valence-electron chi connectivity index (χ3n) is 4.81. The molecule has 8 heteroatoms. The van der Waals surface area contributed by atoms with Crippen molar-refractivity contribution in [2.45, 2.75) is 18.9 Å². The molecule has 1 aliphatic rings. The van der Waals surface area contributed by atoms with E-state index < -0.39 is 0 Å². The minimum atomic E-state index is -0.220. The van der Waals surface area contributed by atoms with E-state index in [0.717, 1.165) is 30.5 Å². The van der Waals surface area contributed by atoms with Crippen LogP contribution in [0.25, 0.3) is 12.2 Å². The molecule has 31 heavy (non-hydrogen) atoms. The summed E-state index contributed by atoms with van der Waals surface area (Å²) in [7, 11) is 6.36. The van der Waals surface area contributed by atoms with Crippen molar-refractivity contribution in [3.05, 3.63) is 41.5 Å². The molecule has 0 aromatic heterocycles. The second-order valence-electron chi connectivity index (χ2n) is 6.84. The number of benzene rings is 2. The summed E-state index contributed by atoms with van der Waals surface area (Å²) in [4.78, 5) is 10.4. The lowest BCUT2D eigenvalue weighted by molar-refractivity contribution is -0.119. The van der Waals surface area contributed by atoms with Gasteiger partial charge in [-0.1, -0.05) is 18.2 Å².